The number of hydrogen-bond acceptors (Lipinski definition) is 3. The average Bonchev–Trinajstić information content (AvgIpc) is 2.82. The molecule has 0 aromatic heterocycles. The van der Waals surface area contributed by atoms with E-state index in [1.54, 1.807) is 0 Å². The minimum absolute atomic E-state index is 0. The summed E-state index contributed by atoms with van der Waals surface area (Å²) in [5.41, 5.74) is 2.53. The first-order chi connectivity index (χ1) is 15.5. The minimum Gasteiger partial charge on any atom is -0.445 e. The van der Waals surface area contributed by atoms with Crippen LogP contribution in [-0.2, 0) is 10.2 Å². The van der Waals surface area contributed by atoms with Gasteiger partial charge in [0.15, 0.2) is 0 Å². The van der Waals surface area contributed by atoms with Crippen molar-refractivity contribution in [3.05, 3.63) is 102 Å². The number of anilines is 1. The van der Waals surface area contributed by atoms with Gasteiger partial charge in [0.25, 0.3) is 0 Å². The number of rotatable bonds is 9. The zero-order valence-corrected chi connectivity index (χ0v) is 20.7. The highest BCUT2D eigenvalue weighted by Gasteiger charge is 2.45. The van der Waals surface area contributed by atoms with E-state index in [2.05, 4.69) is 86.7 Å². The standard InChI is InChI=1S/C28H34N2O2.ClH/c1-5-26(32-27(31)29-25-19-13-8-14-20-25)28(21-22(2)30(3)4,23-15-9-6-10-16-23)24-17-11-7-12-18-24;/h6-20,22,26H,5,21H2,1-4H3,(H,29,31);1H. The molecule has 3 aromatic carbocycles. The van der Waals surface area contributed by atoms with Crippen LogP contribution in [0.2, 0.25) is 0 Å². The monoisotopic (exact) mass is 466 g/mol. The van der Waals surface area contributed by atoms with Gasteiger partial charge in [0.2, 0.25) is 0 Å². The second-order valence-electron chi connectivity index (χ2n) is 8.51. The van der Waals surface area contributed by atoms with E-state index in [1.165, 1.54) is 0 Å². The third kappa shape index (κ3) is 6.37. The molecule has 33 heavy (non-hydrogen) atoms. The fourth-order valence-corrected chi connectivity index (χ4v) is 4.36. The number of hydrogen-bond donors (Lipinski definition) is 1. The van der Waals surface area contributed by atoms with Crippen LogP contribution in [0.1, 0.15) is 37.8 Å². The number of carbonyl (C=O) groups excluding carboxylic acids is 1. The van der Waals surface area contributed by atoms with Crippen LogP contribution in [0, 0.1) is 0 Å². The second-order valence-corrected chi connectivity index (χ2v) is 8.51. The molecule has 1 N–H and O–H groups in total. The summed E-state index contributed by atoms with van der Waals surface area (Å²) in [6.45, 7) is 4.30. The molecule has 0 spiro atoms. The Bertz CT molecular complexity index is 925. The maximum Gasteiger partial charge on any atom is 0.411 e. The van der Waals surface area contributed by atoms with Crippen molar-refractivity contribution in [1.29, 1.82) is 0 Å². The Hall–Kier alpha value is -2.82. The van der Waals surface area contributed by atoms with E-state index >= 15 is 0 Å². The molecule has 3 aromatic rings. The largest absolute Gasteiger partial charge is 0.445 e. The van der Waals surface area contributed by atoms with Crippen LogP contribution in [0.5, 0.6) is 0 Å². The van der Waals surface area contributed by atoms with Gasteiger partial charge in [-0.05, 0) is 57.1 Å². The third-order valence-corrected chi connectivity index (χ3v) is 6.27. The SMILES string of the molecule is CCC(OC(=O)Nc1ccccc1)C(CC(C)N(C)C)(c1ccccc1)c1ccccc1.Cl. The van der Waals surface area contributed by atoms with E-state index in [0.717, 1.165) is 23.2 Å². The first-order valence-electron chi connectivity index (χ1n) is 11.3. The van der Waals surface area contributed by atoms with Gasteiger partial charge >= 0.3 is 6.09 Å². The van der Waals surface area contributed by atoms with Gasteiger partial charge in [-0.25, -0.2) is 4.79 Å². The van der Waals surface area contributed by atoms with E-state index in [-0.39, 0.29) is 24.6 Å². The maximum absolute atomic E-state index is 13.0. The lowest BCUT2D eigenvalue weighted by atomic mass is 9.66. The highest BCUT2D eigenvalue weighted by molar-refractivity contribution is 5.85. The Morgan fingerprint density at radius 3 is 1.76 bits per heavy atom. The van der Waals surface area contributed by atoms with Crippen LogP contribution in [0.3, 0.4) is 0 Å². The molecule has 0 aliphatic rings. The van der Waals surface area contributed by atoms with Crippen LogP contribution in [0.25, 0.3) is 0 Å². The molecule has 4 nitrogen and oxygen atoms in total. The number of halogens is 1. The molecule has 0 saturated heterocycles. The minimum atomic E-state index is -0.491. The highest BCUT2D eigenvalue weighted by Crippen LogP contribution is 2.43. The molecule has 5 heteroatoms. The fourth-order valence-electron chi connectivity index (χ4n) is 4.36. The summed E-state index contributed by atoms with van der Waals surface area (Å²) < 4.78 is 6.19. The third-order valence-electron chi connectivity index (χ3n) is 6.27. The van der Waals surface area contributed by atoms with Gasteiger partial charge in [0.05, 0.1) is 5.41 Å². The summed E-state index contributed by atoms with van der Waals surface area (Å²) in [6, 6.07) is 30.6. The molecule has 2 unspecified atom stereocenters. The molecule has 2 atom stereocenters. The van der Waals surface area contributed by atoms with Crippen LogP contribution in [0.15, 0.2) is 91.0 Å². The lowest BCUT2D eigenvalue weighted by Gasteiger charge is -2.43. The Morgan fingerprint density at radius 1 is 0.879 bits per heavy atom. The summed E-state index contributed by atoms with van der Waals surface area (Å²) in [7, 11) is 4.19. The Morgan fingerprint density at radius 2 is 1.33 bits per heavy atom. The van der Waals surface area contributed by atoms with E-state index in [4.69, 9.17) is 4.74 Å². The first kappa shape index (κ1) is 26.4. The summed E-state index contributed by atoms with van der Waals surface area (Å²) >= 11 is 0. The smallest absolute Gasteiger partial charge is 0.411 e. The number of amides is 1. The van der Waals surface area contributed by atoms with Crippen molar-refractivity contribution in [2.24, 2.45) is 0 Å². The van der Waals surface area contributed by atoms with Crippen molar-refractivity contribution in [2.45, 2.75) is 44.2 Å². The molecule has 0 heterocycles. The zero-order valence-electron chi connectivity index (χ0n) is 19.9. The van der Waals surface area contributed by atoms with Gasteiger partial charge in [-0.2, -0.15) is 0 Å². The molecule has 0 saturated carbocycles. The van der Waals surface area contributed by atoms with Crippen molar-refractivity contribution in [3.63, 3.8) is 0 Å². The number of nitrogens with zero attached hydrogens (tertiary/aromatic N) is 1. The molecule has 0 aliphatic carbocycles. The topological polar surface area (TPSA) is 41.6 Å². The lowest BCUT2D eigenvalue weighted by Crippen LogP contribution is -2.47. The molecule has 0 fully saturated rings. The zero-order chi connectivity index (χ0) is 23.0. The average molecular weight is 467 g/mol. The summed E-state index contributed by atoms with van der Waals surface area (Å²) in [5, 5.41) is 2.89. The van der Waals surface area contributed by atoms with Crippen molar-refractivity contribution < 1.29 is 9.53 Å². The van der Waals surface area contributed by atoms with Gasteiger partial charge in [-0.15, -0.1) is 12.4 Å². The van der Waals surface area contributed by atoms with Crippen LogP contribution < -0.4 is 5.32 Å². The van der Waals surface area contributed by atoms with Gasteiger partial charge in [-0.1, -0.05) is 85.8 Å². The Balaban J connectivity index is 0.00000385. The van der Waals surface area contributed by atoms with Gasteiger partial charge in [0, 0.05) is 11.7 Å². The number of nitrogens with one attached hydrogen (secondary N) is 1. The van der Waals surface area contributed by atoms with E-state index in [9.17, 15) is 4.79 Å². The maximum atomic E-state index is 13.0. The van der Waals surface area contributed by atoms with Crippen molar-refractivity contribution >= 4 is 24.2 Å². The molecule has 0 aliphatic heterocycles. The van der Waals surface area contributed by atoms with Crippen LogP contribution in [-0.4, -0.2) is 37.2 Å². The lowest BCUT2D eigenvalue weighted by molar-refractivity contribution is 0.0522. The molecular formula is C28H35ClN2O2. The number of para-hydroxylation sites is 1. The van der Waals surface area contributed by atoms with Gasteiger partial charge in [-0.3, -0.25) is 5.32 Å². The number of ether oxygens (including phenoxy) is 1. The van der Waals surface area contributed by atoms with E-state index in [0.29, 0.717) is 6.42 Å². The predicted molar refractivity (Wildman–Crippen MR) is 139 cm³/mol. The quantitative estimate of drug-likeness (QED) is 0.378. The molecule has 3 rings (SSSR count). The molecule has 0 radical (unpaired) electrons. The van der Waals surface area contributed by atoms with E-state index < -0.39 is 11.5 Å². The van der Waals surface area contributed by atoms with Crippen molar-refractivity contribution in [1.82, 2.24) is 4.90 Å². The summed E-state index contributed by atoms with van der Waals surface area (Å²) in [5.74, 6) is 0. The van der Waals surface area contributed by atoms with Gasteiger partial charge < -0.3 is 9.64 Å². The number of benzene rings is 3. The molecular weight excluding hydrogens is 432 g/mol. The number of carbonyl (C=O) groups is 1. The highest BCUT2D eigenvalue weighted by atomic mass is 35.5. The summed E-state index contributed by atoms with van der Waals surface area (Å²) in [4.78, 5) is 15.2. The van der Waals surface area contributed by atoms with Crippen molar-refractivity contribution in [3.8, 4) is 0 Å². The Labute approximate surface area is 204 Å². The summed E-state index contributed by atoms with van der Waals surface area (Å²) in [6.07, 6.45) is 0.715. The normalized spacial score (nSPS) is 13.0. The predicted octanol–water partition coefficient (Wildman–Crippen LogP) is 6.76. The molecule has 176 valence electrons. The van der Waals surface area contributed by atoms with Crippen LogP contribution >= 0.6 is 12.4 Å². The Kier molecular flexibility index (Phi) is 9.95. The van der Waals surface area contributed by atoms with Gasteiger partial charge in [0.1, 0.15) is 6.10 Å². The van der Waals surface area contributed by atoms with Crippen LogP contribution in [0.4, 0.5) is 10.5 Å². The van der Waals surface area contributed by atoms with Crippen molar-refractivity contribution in [2.75, 3.05) is 19.4 Å². The fraction of sp³-hybridized carbons (Fsp3) is 0.321. The molecule has 0 bridgehead atoms. The first-order valence-corrected chi connectivity index (χ1v) is 11.3. The van der Waals surface area contributed by atoms with E-state index in [1.807, 2.05) is 42.5 Å². The second kappa shape index (κ2) is 12.4. The molecule has 1 amide bonds.